The predicted octanol–water partition coefficient (Wildman–Crippen LogP) is 6.97. The average molecular weight is 455 g/mol. The quantitative estimate of drug-likeness (QED) is 0.0854. The molecule has 0 heterocycles. The van der Waals surface area contributed by atoms with Crippen LogP contribution in [0.15, 0.2) is 0 Å². The monoisotopic (exact) mass is 454 g/mol. The zero-order valence-corrected chi connectivity index (χ0v) is 20.6. The van der Waals surface area contributed by atoms with Crippen LogP contribution in [0.2, 0.25) is 0 Å². The molecule has 0 amide bonds. The van der Waals surface area contributed by atoms with E-state index in [0.29, 0.717) is 12.8 Å². The van der Waals surface area contributed by atoms with Gasteiger partial charge < -0.3 is 9.47 Å². The molecule has 6 nitrogen and oxygen atoms in total. The molecule has 0 aliphatic rings. The molecule has 0 aliphatic carbocycles. The summed E-state index contributed by atoms with van der Waals surface area (Å²) in [5, 5.41) is 0. The third-order valence-electron chi connectivity index (χ3n) is 5.55. The number of carbonyl (C=O) groups is 4. The third-order valence-corrected chi connectivity index (χ3v) is 5.55. The molecule has 0 atom stereocenters. The molecule has 0 fully saturated rings. The maximum Gasteiger partial charge on any atom is 0.425 e. The number of unbranched alkanes of at least 4 members (excludes halogenated alkanes) is 16. The zero-order chi connectivity index (χ0) is 23.9. The van der Waals surface area contributed by atoms with Crippen molar-refractivity contribution in [3.63, 3.8) is 0 Å². The molecule has 0 unspecified atom stereocenters. The Balaban J connectivity index is 3.66. The summed E-state index contributed by atoms with van der Waals surface area (Å²) in [4.78, 5) is 46.5. The number of ether oxygens (including phenoxy) is 2. The fourth-order valence-corrected chi connectivity index (χ4v) is 3.55. The van der Waals surface area contributed by atoms with Gasteiger partial charge in [-0.1, -0.05) is 117 Å². The summed E-state index contributed by atoms with van der Waals surface area (Å²) in [6.45, 7) is 4.39. The van der Waals surface area contributed by atoms with Crippen LogP contribution in [0.25, 0.3) is 0 Å². The van der Waals surface area contributed by atoms with Crippen molar-refractivity contribution in [1.82, 2.24) is 0 Å². The molecule has 0 saturated carbocycles. The molecular weight excluding hydrogens is 408 g/mol. The van der Waals surface area contributed by atoms with Gasteiger partial charge in [-0.3, -0.25) is 9.59 Å². The summed E-state index contributed by atoms with van der Waals surface area (Å²) < 4.78 is 8.96. The molecule has 0 aromatic carbocycles. The Kier molecular flexibility index (Phi) is 21.3. The van der Waals surface area contributed by atoms with Crippen molar-refractivity contribution in [2.75, 3.05) is 0 Å². The van der Waals surface area contributed by atoms with Crippen LogP contribution in [0, 0.1) is 0 Å². The fourth-order valence-electron chi connectivity index (χ4n) is 3.55. The Morgan fingerprint density at radius 2 is 0.656 bits per heavy atom. The highest BCUT2D eigenvalue weighted by Crippen LogP contribution is 2.12. The van der Waals surface area contributed by atoms with Gasteiger partial charge in [0, 0.05) is 12.8 Å². The van der Waals surface area contributed by atoms with E-state index >= 15 is 0 Å². The Bertz CT molecular complexity index is 468. The highest BCUT2D eigenvalue weighted by Gasteiger charge is 2.23. The average Bonchev–Trinajstić information content (AvgIpc) is 2.76. The minimum atomic E-state index is -1.41. The van der Waals surface area contributed by atoms with E-state index < -0.39 is 23.9 Å². The van der Waals surface area contributed by atoms with Crippen molar-refractivity contribution in [2.24, 2.45) is 0 Å². The summed E-state index contributed by atoms with van der Waals surface area (Å²) in [6, 6.07) is 0. The van der Waals surface area contributed by atoms with Crippen LogP contribution in [0.1, 0.15) is 142 Å². The van der Waals surface area contributed by atoms with Gasteiger partial charge in [-0.25, -0.2) is 9.59 Å². The molecular formula is C26H46O6. The molecule has 0 rings (SSSR count). The molecule has 0 aromatic heterocycles. The van der Waals surface area contributed by atoms with Crippen molar-refractivity contribution in [3.05, 3.63) is 0 Å². The molecule has 0 bridgehead atoms. The number of esters is 4. The van der Waals surface area contributed by atoms with Gasteiger partial charge in [0.05, 0.1) is 0 Å². The van der Waals surface area contributed by atoms with Gasteiger partial charge in [0.2, 0.25) is 0 Å². The minimum absolute atomic E-state index is 0.0846. The lowest BCUT2D eigenvalue weighted by atomic mass is 10.1. The van der Waals surface area contributed by atoms with Crippen LogP contribution in [0.5, 0.6) is 0 Å². The first-order valence-corrected chi connectivity index (χ1v) is 13.0. The number of carbonyl (C=O) groups excluding carboxylic acids is 4. The van der Waals surface area contributed by atoms with Crippen LogP contribution < -0.4 is 0 Å². The van der Waals surface area contributed by atoms with Crippen LogP contribution in [0.3, 0.4) is 0 Å². The standard InChI is InChI=1S/C26H46O6/c1-3-5-7-9-11-13-15-17-19-21-23(27)31-25(29)26(30)32-24(28)22-20-18-16-14-12-10-8-6-4-2/h3-22H2,1-2H3. The zero-order valence-electron chi connectivity index (χ0n) is 20.6. The van der Waals surface area contributed by atoms with E-state index in [-0.39, 0.29) is 12.8 Å². The Labute approximate surface area is 195 Å². The number of hydrogen-bond donors (Lipinski definition) is 0. The lowest BCUT2D eigenvalue weighted by Gasteiger charge is -2.04. The largest absolute Gasteiger partial charge is 0.425 e. The fraction of sp³-hybridized carbons (Fsp3) is 0.846. The summed E-state index contributed by atoms with van der Waals surface area (Å²) in [5.41, 5.74) is 0. The number of hydrogen-bond acceptors (Lipinski definition) is 6. The highest BCUT2D eigenvalue weighted by molar-refractivity contribution is 6.33. The van der Waals surface area contributed by atoms with E-state index in [2.05, 4.69) is 23.3 Å². The Morgan fingerprint density at radius 1 is 0.406 bits per heavy atom. The van der Waals surface area contributed by atoms with E-state index in [1.54, 1.807) is 0 Å². The van der Waals surface area contributed by atoms with Crippen molar-refractivity contribution >= 4 is 23.9 Å². The van der Waals surface area contributed by atoms with Crippen molar-refractivity contribution < 1.29 is 28.7 Å². The molecule has 0 radical (unpaired) electrons. The van der Waals surface area contributed by atoms with Gasteiger partial charge in [-0.2, -0.15) is 0 Å². The van der Waals surface area contributed by atoms with E-state index in [1.807, 2.05) is 0 Å². The second-order valence-corrected chi connectivity index (χ2v) is 8.68. The third kappa shape index (κ3) is 20.2. The molecule has 0 saturated heterocycles. The minimum Gasteiger partial charge on any atom is -0.384 e. The summed E-state index contributed by atoms with van der Waals surface area (Å²) in [6.07, 6.45) is 20.1. The number of rotatable bonds is 20. The molecule has 186 valence electrons. The van der Waals surface area contributed by atoms with E-state index in [0.717, 1.165) is 38.5 Å². The van der Waals surface area contributed by atoms with Crippen LogP contribution >= 0.6 is 0 Å². The maximum atomic E-state index is 11.7. The molecule has 0 aliphatic heterocycles. The van der Waals surface area contributed by atoms with Gasteiger partial charge in [0.15, 0.2) is 0 Å². The van der Waals surface area contributed by atoms with E-state index in [1.165, 1.54) is 64.2 Å². The SMILES string of the molecule is CCCCCCCCCCCC(=O)OC(=O)C(=O)OC(=O)CCCCCCCCCCC. The topological polar surface area (TPSA) is 86.7 Å². The van der Waals surface area contributed by atoms with E-state index in [9.17, 15) is 19.2 Å². The van der Waals surface area contributed by atoms with Crippen molar-refractivity contribution in [3.8, 4) is 0 Å². The normalized spacial score (nSPS) is 10.7. The first kappa shape index (κ1) is 30.3. The van der Waals surface area contributed by atoms with Gasteiger partial charge >= 0.3 is 23.9 Å². The van der Waals surface area contributed by atoms with Gasteiger partial charge in [0.1, 0.15) is 0 Å². The molecule has 0 spiro atoms. The Morgan fingerprint density at radius 3 is 0.938 bits per heavy atom. The molecule has 32 heavy (non-hydrogen) atoms. The molecule has 6 heteroatoms. The van der Waals surface area contributed by atoms with Gasteiger partial charge in [-0.15, -0.1) is 0 Å². The van der Waals surface area contributed by atoms with Crippen LogP contribution in [-0.4, -0.2) is 23.9 Å². The van der Waals surface area contributed by atoms with Crippen molar-refractivity contribution in [1.29, 1.82) is 0 Å². The van der Waals surface area contributed by atoms with Crippen molar-refractivity contribution in [2.45, 2.75) is 142 Å². The second-order valence-electron chi connectivity index (χ2n) is 8.68. The predicted molar refractivity (Wildman–Crippen MR) is 126 cm³/mol. The summed E-state index contributed by atoms with van der Waals surface area (Å²) >= 11 is 0. The lowest BCUT2D eigenvalue weighted by molar-refractivity contribution is -0.177. The van der Waals surface area contributed by atoms with Crippen LogP contribution in [0.4, 0.5) is 0 Å². The first-order chi connectivity index (χ1) is 15.5. The molecule has 0 aromatic rings. The summed E-state index contributed by atoms with van der Waals surface area (Å²) in [5.74, 6) is -4.32. The van der Waals surface area contributed by atoms with Crippen LogP contribution in [-0.2, 0) is 28.7 Å². The Hall–Kier alpha value is -1.72. The van der Waals surface area contributed by atoms with Gasteiger partial charge in [-0.05, 0) is 12.8 Å². The summed E-state index contributed by atoms with van der Waals surface area (Å²) in [7, 11) is 0. The van der Waals surface area contributed by atoms with Gasteiger partial charge in [0.25, 0.3) is 0 Å². The smallest absolute Gasteiger partial charge is 0.384 e. The lowest BCUT2D eigenvalue weighted by Crippen LogP contribution is -2.25. The highest BCUT2D eigenvalue weighted by atomic mass is 16.6. The first-order valence-electron chi connectivity index (χ1n) is 13.0. The van der Waals surface area contributed by atoms with E-state index in [4.69, 9.17) is 0 Å². The molecule has 0 N–H and O–H groups in total. The second kappa shape index (κ2) is 22.5. The maximum absolute atomic E-state index is 11.7.